The minimum absolute atomic E-state index is 0.0559. The first-order chi connectivity index (χ1) is 10.2. The van der Waals surface area contributed by atoms with Gasteiger partial charge in [0, 0.05) is 18.5 Å². The lowest BCUT2D eigenvalue weighted by atomic mass is 10.0. The molecule has 0 spiro atoms. The second kappa shape index (κ2) is 5.83. The molecule has 5 heteroatoms. The molecule has 5 nitrogen and oxygen atoms in total. The van der Waals surface area contributed by atoms with Gasteiger partial charge in [0.05, 0.1) is 19.1 Å². The summed E-state index contributed by atoms with van der Waals surface area (Å²) in [4.78, 5) is 25.9. The van der Waals surface area contributed by atoms with E-state index in [0.29, 0.717) is 13.0 Å². The van der Waals surface area contributed by atoms with Crippen molar-refractivity contribution in [2.75, 3.05) is 6.54 Å². The summed E-state index contributed by atoms with van der Waals surface area (Å²) in [7, 11) is 0. The van der Waals surface area contributed by atoms with Crippen molar-refractivity contribution in [3.8, 4) is 0 Å². The Kier molecular flexibility index (Phi) is 3.73. The van der Waals surface area contributed by atoms with Crippen molar-refractivity contribution >= 4 is 11.8 Å². The van der Waals surface area contributed by atoms with Gasteiger partial charge in [-0.1, -0.05) is 30.3 Å². The third-order valence-corrected chi connectivity index (χ3v) is 3.52. The molecular weight excluding hydrogens is 268 g/mol. The Morgan fingerprint density at radius 2 is 1.95 bits per heavy atom. The summed E-state index contributed by atoms with van der Waals surface area (Å²) in [6.07, 6.45) is 3.66. The largest absolute Gasteiger partial charge is 0.472 e. The van der Waals surface area contributed by atoms with Crippen molar-refractivity contribution in [1.29, 1.82) is 0 Å². The normalized spacial score (nSPS) is 18.7. The lowest BCUT2D eigenvalue weighted by Crippen LogP contribution is -2.58. The molecule has 1 aromatic heterocycles. The maximum absolute atomic E-state index is 12.5. The molecule has 108 valence electrons. The molecule has 1 aliphatic rings. The molecule has 1 aliphatic heterocycles. The molecule has 3 rings (SSSR count). The molecular formula is C16H16N2O3. The van der Waals surface area contributed by atoms with E-state index < -0.39 is 6.04 Å². The summed E-state index contributed by atoms with van der Waals surface area (Å²) in [6.45, 7) is 0.489. The number of rotatable bonds is 4. The molecule has 0 bridgehead atoms. The molecule has 1 atom stereocenters. The number of nitrogens with one attached hydrogen (secondary N) is 1. The standard InChI is InChI=1S/C16H16N2O3/c19-15-10-18(9-13-6-7-21-11-13)16(20)14(17-15)8-12-4-2-1-3-5-12/h1-7,11,14H,8-10H2,(H,17,19). The van der Waals surface area contributed by atoms with Crippen molar-refractivity contribution in [3.05, 3.63) is 60.1 Å². The van der Waals surface area contributed by atoms with Gasteiger partial charge in [-0.3, -0.25) is 9.59 Å². The van der Waals surface area contributed by atoms with Crippen LogP contribution in [0, 0.1) is 0 Å². The van der Waals surface area contributed by atoms with Crippen LogP contribution < -0.4 is 5.32 Å². The highest BCUT2D eigenvalue weighted by atomic mass is 16.3. The molecule has 0 saturated carbocycles. The first kappa shape index (κ1) is 13.4. The Labute approximate surface area is 122 Å². The molecule has 0 aliphatic carbocycles. The molecule has 1 fully saturated rings. The summed E-state index contributed by atoms with van der Waals surface area (Å²) < 4.78 is 5.00. The third kappa shape index (κ3) is 3.13. The van der Waals surface area contributed by atoms with Gasteiger partial charge in [-0.2, -0.15) is 0 Å². The van der Waals surface area contributed by atoms with Crippen LogP contribution in [-0.2, 0) is 22.6 Å². The molecule has 2 aromatic rings. The van der Waals surface area contributed by atoms with Gasteiger partial charge >= 0.3 is 0 Å². The molecule has 1 unspecified atom stereocenters. The van der Waals surface area contributed by atoms with Crippen LogP contribution in [0.4, 0.5) is 0 Å². The fraction of sp³-hybridized carbons (Fsp3) is 0.250. The highest BCUT2D eigenvalue weighted by Crippen LogP contribution is 2.13. The summed E-state index contributed by atoms with van der Waals surface area (Å²) in [5.41, 5.74) is 1.91. The zero-order valence-corrected chi connectivity index (χ0v) is 11.5. The van der Waals surface area contributed by atoms with Gasteiger partial charge in [0.2, 0.25) is 11.8 Å². The zero-order chi connectivity index (χ0) is 14.7. The van der Waals surface area contributed by atoms with E-state index in [1.165, 1.54) is 0 Å². The molecule has 2 heterocycles. The third-order valence-electron chi connectivity index (χ3n) is 3.52. The van der Waals surface area contributed by atoms with E-state index >= 15 is 0 Å². The second-order valence-electron chi connectivity index (χ2n) is 5.14. The van der Waals surface area contributed by atoms with Crippen molar-refractivity contribution in [3.63, 3.8) is 0 Å². The summed E-state index contributed by atoms with van der Waals surface area (Å²) >= 11 is 0. The first-order valence-electron chi connectivity index (χ1n) is 6.85. The van der Waals surface area contributed by atoms with Crippen LogP contribution in [0.5, 0.6) is 0 Å². The SMILES string of the molecule is O=C1CN(Cc2ccoc2)C(=O)C(Cc2ccccc2)N1. The van der Waals surface area contributed by atoms with E-state index in [1.807, 2.05) is 30.3 Å². The van der Waals surface area contributed by atoms with E-state index in [9.17, 15) is 9.59 Å². The number of nitrogens with zero attached hydrogens (tertiary/aromatic N) is 1. The van der Waals surface area contributed by atoms with Gasteiger partial charge in [0.25, 0.3) is 0 Å². The van der Waals surface area contributed by atoms with E-state index in [0.717, 1.165) is 11.1 Å². The van der Waals surface area contributed by atoms with Crippen LogP contribution in [0.25, 0.3) is 0 Å². The fourth-order valence-corrected chi connectivity index (χ4v) is 2.50. The average molecular weight is 284 g/mol. The number of piperazine rings is 1. The Hall–Kier alpha value is -2.56. The van der Waals surface area contributed by atoms with Crippen molar-refractivity contribution in [2.24, 2.45) is 0 Å². The highest BCUT2D eigenvalue weighted by Gasteiger charge is 2.32. The van der Waals surface area contributed by atoms with E-state index in [2.05, 4.69) is 5.32 Å². The maximum atomic E-state index is 12.5. The van der Waals surface area contributed by atoms with Gasteiger partial charge < -0.3 is 14.6 Å². The number of benzene rings is 1. The van der Waals surface area contributed by atoms with Crippen LogP contribution in [-0.4, -0.2) is 29.3 Å². The highest BCUT2D eigenvalue weighted by molar-refractivity contribution is 5.95. The van der Waals surface area contributed by atoms with Crippen molar-refractivity contribution < 1.29 is 14.0 Å². The van der Waals surface area contributed by atoms with Crippen LogP contribution >= 0.6 is 0 Å². The van der Waals surface area contributed by atoms with Gasteiger partial charge in [-0.25, -0.2) is 0 Å². The topological polar surface area (TPSA) is 62.6 Å². The quantitative estimate of drug-likeness (QED) is 0.922. The monoisotopic (exact) mass is 284 g/mol. The van der Waals surface area contributed by atoms with Crippen molar-refractivity contribution in [1.82, 2.24) is 10.2 Å². The van der Waals surface area contributed by atoms with Gasteiger partial charge in [-0.05, 0) is 11.6 Å². The zero-order valence-electron chi connectivity index (χ0n) is 11.5. The molecule has 1 aromatic carbocycles. The molecule has 2 amide bonds. The second-order valence-corrected chi connectivity index (χ2v) is 5.14. The minimum atomic E-state index is -0.499. The van der Waals surface area contributed by atoms with Crippen LogP contribution in [0.3, 0.4) is 0 Å². The molecule has 1 N–H and O–H groups in total. The van der Waals surface area contributed by atoms with E-state index in [1.54, 1.807) is 23.5 Å². The summed E-state index contributed by atoms with van der Waals surface area (Å²) in [6, 6.07) is 11.0. The Morgan fingerprint density at radius 3 is 2.67 bits per heavy atom. The first-order valence-corrected chi connectivity index (χ1v) is 6.85. The average Bonchev–Trinajstić information content (AvgIpc) is 2.98. The number of furan rings is 1. The number of amides is 2. The number of hydrogen-bond donors (Lipinski definition) is 1. The Bertz CT molecular complexity index is 622. The minimum Gasteiger partial charge on any atom is -0.472 e. The molecule has 0 radical (unpaired) electrons. The number of carbonyl (C=O) groups excluding carboxylic acids is 2. The van der Waals surface area contributed by atoms with Crippen LogP contribution in [0.15, 0.2) is 53.3 Å². The predicted molar refractivity (Wildman–Crippen MR) is 76.2 cm³/mol. The molecule has 21 heavy (non-hydrogen) atoms. The molecule has 1 saturated heterocycles. The summed E-state index contributed by atoms with van der Waals surface area (Å²) in [5, 5.41) is 2.77. The van der Waals surface area contributed by atoms with Gasteiger partial charge in [0.15, 0.2) is 0 Å². The summed E-state index contributed by atoms with van der Waals surface area (Å²) in [5.74, 6) is -0.182. The van der Waals surface area contributed by atoms with Gasteiger partial charge in [-0.15, -0.1) is 0 Å². The predicted octanol–water partition coefficient (Wildman–Crippen LogP) is 1.35. The lowest BCUT2D eigenvalue weighted by molar-refractivity contribution is -0.144. The number of carbonyl (C=O) groups is 2. The van der Waals surface area contributed by atoms with Crippen molar-refractivity contribution in [2.45, 2.75) is 19.0 Å². The van der Waals surface area contributed by atoms with Crippen LogP contribution in [0.1, 0.15) is 11.1 Å². The van der Waals surface area contributed by atoms with E-state index in [-0.39, 0.29) is 18.4 Å². The van der Waals surface area contributed by atoms with Gasteiger partial charge in [0.1, 0.15) is 6.04 Å². The smallest absolute Gasteiger partial charge is 0.246 e. The Balaban J connectivity index is 1.72. The van der Waals surface area contributed by atoms with E-state index in [4.69, 9.17) is 4.42 Å². The van der Waals surface area contributed by atoms with Crippen LogP contribution in [0.2, 0.25) is 0 Å². The fourth-order valence-electron chi connectivity index (χ4n) is 2.50. The Morgan fingerprint density at radius 1 is 1.14 bits per heavy atom. The maximum Gasteiger partial charge on any atom is 0.246 e. The number of hydrogen-bond acceptors (Lipinski definition) is 3. The lowest BCUT2D eigenvalue weighted by Gasteiger charge is -2.32.